The maximum Gasteiger partial charge on any atom is 0.338 e. The quantitative estimate of drug-likeness (QED) is 0.224. The molecule has 0 unspecified atom stereocenters. The Bertz CT molecular complexity index is 1280. The first kappa shape index (κ1) is 26.3. The fourth-order valence-corrected chi connectivity index (χ4v) is 4.05. The molecule has 0 aliphatic heterocycles. The lowest BCUT2D eigenvalue weighted by atomic mass is 10.1. The zero-order chi connectivity index (χ0) is 25.4. The molecule has 0 saturated heterocycles. The van der Waals surface area contributed by atoms with Gasteiger partial charge in [-0.3, -0.25) is 0 Å². The molecule has 0 spiro atoms. The second-order valence-electron chi connectivity index (χ2n) is 7.88. The minimum absolute atomic E-state index is 0.320. The Hall–Kier alpha value is -3.31. The van der Waals surface area contributed by atoms with Crippen molar-refractivity contribution in [2.24, 2.45) is 0 Å². The van der Waals surface area contributed by atoms with Crippen LogP contribution < -0.4 is 4.74 Å². The van der Waals surface area contributed by atoms with Crippen LogP contribution in [0.4, 0.5) is 0 Å². The van der Waals surface area contributed by atoms with Crippen LogP contribution in [0.25, 0.3) is 16.9 Å². The zero-order valence-electron chi connectivity index (χ0n) is 21.0. The Morgan fingerprint density at radius 3 is 2.37 bits per heavy atom. The van der Waals surface area contributed by atoms with E-state index in [1.807, 2.05) is 69.3 Å². The van der Waals surface area contributed by atoms with E-state index in [1.54, 1.807) is 6.07 Å². The monoisotopic (exact) mass is 533 g/mol. The molecule has 0 saturated carbocycles. The van der Waals surface area contributed by atoms with Gasteiger partial charge in [0.15, 0.2) is 0 Å². The molecule has 4 rings (SSSR count). The van der Waals surface area contributed by atoms with Crippen LogP contribution in [0.15, 0.2) is 83.3 Å². The van der Waals surface area contributed by atoms with Crippen molar-refractivity contribution in [3.05, 3.63) is 106 Å². The van der Waals surface area contributed by atoms with Gasteiger partial charge in [-0.25, -0.2) is 4.79 Å². The van der Waals surface area contributed by atoms with Crippen molar-refractivity contribution in [2.75, 3.05) is 6.61 Å². The van der Waals surface area contributed by atoms with Crippen LogP contribution in [0.5, 0.6) is 5.75 Å². The summed E-state index contributed by atoms with van der Waals surface area (Å²) in [6.07, 6.45) is 0. The summed E-state index contributed by atoms with van der Waals surface area (Å²) >= 11 is 3.47. The van der Waals surface area contributed by atoms with Gasteiger partial charge < -0.3 is 14.0 Å². The second kappa shape index (κ2) is 12.4. The Morgan fingerprint density at radius 2 is 1.66 bits per heavy atom. The van der Waals surface area contributed by atoms with Crippen LogP contribution >= 0.6 is 15.9 Å². The second-order valence-corrected chi connectivity index (χ2v) is 8.80. The third kappa shape index (κ3) is 6.43. The first-order valence-electron chi connectivity index (χ1n) is 11.9. The Balaban J connectivity index is 0.00000167. The largest absolute Gasteiger partial charge is 0.488 e. The van der Waals surface area contributed by atoms with Crippen LogP contribution in [0, 0.1) is 13.8 Å². The van der Waals surface area contributed by atoms with Gasteiger partial charge in [-0.05, 0) is 80.9 Å². The number of rotatable bonds is 7. The molecule has 4 aromatic rings. The van der Waals surface area contributed by atoms with E-state index in [2.05, 4.69) is 58.6 Å². The highest BCUT2D eigenvalue weighted by Crippen LogP contribution is 2.35. The number of hydrogen-bond donors (Lipinski definition) is 0. The first-order valence-corrected chi connectivity index (χ1v) is 12.7. The summed E-state index contributed by atoms with van der Waals surface area (Å²) in [5, 5.41) is 0. The van der Waals surface area contributed by atoms with Crippen molar-refractivity contribution < 1.29 is 14.3 Å². The molecule has 0 amide bonds. The molecule has 0 radical (unpaired) electrons. The maximum atomic E-state index is 12.3. The third-order valence-corrected chi connectivity index (χ3v) is 5.94. The van der Waals surface area contributed by atoms with Crippen molar-refractivity contribution in [2.45, 2.75) is 41.2 Å². The number of carbonyl (C=O) groups is 1. The average molecular weight is 534 g/mol. The molecule has 3 aromatic carbocycles. The molecule has 5 heteroatoms. The highest BCUT2D eigenvalue weighted by molar-refractivity contribution is 9.10. The lowest BCUT2D eigenvalue weighted by molar-refractivity contribution is 0.0526. The Morgan fingerprint density at radius 1 is 0.914 bits per heavy atom. The van der Waals surface area contributed by atoms with Gasteiger partial charge in [-0.2, -0.15) is 0 Å². The van der Waals surface area contributed by atoms with Crippen LogP contribution in [-0.4, -0.2) is 17.1 Å². The normalized spacial score (nSPS) is 10.3. The van der Waals surface area contributed by atoms with Gasteiger partial charge in [0.2, 0.25) is 0 Å². The number of hydrogen-bond acceptors (Lipinski definition) is 3. The molecule has 182 valence electrons. The summed E-state index contributed by atoms with van der Waals surface area (Å²) in [7, 11) is 0. The zero-order valence-corrected chi connectivity index (χ0v) is 22.6. The molecule has 0 bridgehead atoms. The molecule has 1 aromatic heterocycles. The minimum atomic E-state index is -0.320. The van der Waals surface area contributed by atoms with Crippen molar-refractivity contribution in [1.29, 1.82) is 0 Å². The molecule has 35 heavy (non-hydrogen) atoms. The highest BCUT2D eigenvalue weighted by atomic mass is 79.9. The number of aryl methyl sites for hydroxylation is 2. The van der Waals surface area contributed by atoms with E-state index in [9.17, 15) is 4.79 Å². The summed E-state index contributed by atoms with van der Waals surface area (Å²) in [6.45, 7) is 10.8. The number of carbonyl (C=O) groups excluding carboxylic acids is 1. The number of nitrogens with zero attached hydrogens (tertiary/aromatic N) is 1. The van der Waals surface area contributed by atoms with E-state index in [1.165, 1.54) is 0 Å². The van der Waals surface area contributed by atoms with E-state index in [0.29, 0.717) is 18.8 Å². The van der Waals surface area contributed by atoms with Crippen molar-refractivity contribution in [3.8, 4) is 22.7 Å². The standard InChI is InChI=1S/C28H26BrNO3.C2H6/c1-4-32-28(31)22-6-5-7-24(17-22)30-20(3)9-14-26(30)25-16-19(2)8-15-27(25)33-18-21-10-12-23(29)13-11-21;1-2/h5-17H,4,18H2,1-3H3;1-2H3. The molecule has 0 fully saturated rings. The summed E-state index contributed by atoms with van der Waals surface area (Å²) in [6, 6.07) is 26.0. The summed E-state index contributed by atoms with van der Waals surface area (Å²) < 4.78 is 14.6. The van der Waals surface area contributed by atoms with Crippen LogP contribution in [-0.2, 0) is 11.3 Å². The van der Waals surface area contributed by atoms with Crippen LogP contribution in [0.3, 0.4) is 0 Å². The molecule has 0 aliphatic rings. The minimum Gasteiger partial charge on any atom is -0.488 e. The van der Waals surface area contributed by atoms with Gasteiger partial charge in [0.1, 0.15) is 12.4 Å². The first-order chi connectivity index (χ1) is 17.0. The van der Waals surface area contributed by atoms with Crippen LogP contribution in [0.2, 0.25) is 0 Å². The van der Waals surface area contributed by atoms with Gasteiger partial charge in [0.25, 0.3) is 0 Å². The number of aromatic nitrogens is 1. The molecular weight excluding hydrogens is 502 g/mol. The van der Waals surface area contributed by atoms with Crippen LogP contribution in [0.1, 0.15) is 48.0 Å². The molecular formula is C30H32BrNO3. The van der Waals surface area contributed by atoms with Gasteiger partial charge >= 0.3 is 5.97 Å². The van der Waals surface area contributed by atoms with E-state index < -0.39 is 0 Å². The van der Waals surface area contributed by atoms with E-state index in [-0.39, 0.29) is 5.97 Å². The van der Waals surface area contributed by atoms with Gasteiger partial charge in [0.05, 0.1) is 17.9 Å². The fraction of sp³-hybridized carbons (Fsp3) is 0.233. The molecule has 1 heterocycles. The van der Waals surface area contributed by atoms with Crippen molar-refractivity contribution in [3.63, 3.8) is 0 Å². The van der Waals surface area contributed by atoms with Gasteiger partial charge in [-0.1, -0.05) is 59.6 Å². The predicted octanol–water partition coefficient (Wildman–Crippen LogP) is 8.31. The van der Waals surface area contributed by atoms with Crippen molar-refractivity contribution in [1.82, 2.24) is 4.57 Å². The Labute approximate surface area is 216 Å². The molecule has 4 nitrogen and oxygen atoms in total. The fourth-order valence-electron chi connectivity index (χ4n) is 3.79. The lowest BCUT2D eigenvalue weighted by Crippen LogP contribution is -2.07. The Kier molecular flexibility index (Phi) is 9.32. The summed E-state index contributed by atoms with van der Waals surface area (Å²) in [4.78, 5) is 12.3. The maximum absolute atomic E-state index is 12.3. The molecule has 0 atom stereocenters. The number of ether oxygens (including phenoxy) is 2. The SMILES string of the molecule is CC.CCOC(=O)c1cccc(-n2c(C)ccc2-c2cc(C)ccc2OCc2ccc(Br)cc2)c1. The number of esters is 1. The van der Waals surface area contributed by atoms with Gasteiger partial charge in [-0.15, -0.1) is 0 Å². The van der Waals surface area contributed by atoms with E-state index in [0.717, 1.165) is 44.0 Å². The topological polar surface area (TPSA) is 40.5 Å². The predicted molar refractivity (Wildman–Crippen MR) is 146 cm³/mol. The lowest BCUT2D eigenvalue weighted by Gasteiger charge is -2.17. The third-order valence-electron chi connectivity index (χ3n) is 5.41. The summed E-state index contributed by atoms with van der Waals surface area (Å²) in [5.41, 5.74) is 6.74. The molecule has 0 N–H and O–H groups in total. The van der Waals surface area contributed by atoms with Gasteiger partial charge in [0, 0.05) is 21.4 Å². The summed E-state index contributed by atoms with van der Waals surface area (Å²) in [5.74, 6) is 0.490. The molecule has 0 aliphatic carbocycles. The van der Waals surface area contributed by atoms with E-state index in [4.69, 9.17) is 9.47 Å². The smallest absolute Gasteiger partial charge is 0.338 e. The highest BCUT2D eigenvalue weighted by Gasteiger charge is 2.16. The van der Waals surface area contributed by atoms with Crippen molar-refractivity contribution >= 4 is 21.9 Å². The average Bonchev–Trinajstić information content (AvgIpc) is 3.27. The number of benzene rings is 3. The number of halogens is 1. The van der Waals surface area contributed by atoms with E-state index >= 15 is 0 Å².